The SMILES string of the molecule is CO[C@H]1O[C@H](COCOCC[Si](C)(C)C)[C@@H](OCc2ccccc2)[C@H](OCc2ccccc2)[C@H]1OCc1ccccc1. The lowest BCUT2D eigenvalue weighted by atomic mass is 9.98. The van der Waals surface area contributed by atoms with Crippen molar-refractivity contribution in [1.29, 1.82) is 0 Å². The lowest BCUT2D eigenvalue weighted by Gasteiger charge is -2.45. The minimum Gasteiger partial charge on any atom is -0.368 e. The maximum absolute atomic E-state index is 6.62. The maximum Gasteiger partial charge on any atom is 0.186 e. The third-order valence-corrected chi connectivity index (χ3v) is 8.83. The summed E-state index contributed by atoms with van der Waals surface area (Å²) in [5.41, 5.74) is 3.17. The lowest BCUT2D eigenvalue weighted by Crippen LogP contribution is -2.61. The van der Waals surface area contributed by atoms with Crippen LogP contribution in [0.5, 0.6) is 0 Å². The molecule has 7 nitrogen and oxygen atoms in total. The van der Waals surface area contributed by atoms with Gasteiger partial charge in [-0.3, -0.25) is 0 Å². The van der Waals surface area contributed by atoms with Gasteiger partial charge in [-0.2, -0.15) is 0 Å². The summed E-state index contributed by atoms with van der Waals surface area (Å²) >= 11 is 0. The summed E-state index contributed by atoms with van der Waals surface area (Å²) in [7, 11) is 0.449. The fraction of sp³-hybridized carbons (Fsp3) is 0.471. The third-order valence-electron chi connectivity index (χ3n) is 7.12. The average Bonchev–Trinajstić information content (AvgIpc) is 3.01. The minimum atomic E-state index is -1.18. The maximum atomic E-state index is 6.62. The molecule has 0 spiro atoms. The Kier molecular flexibility index (Phi) is 13.2. The van der Waals surface area contributed by atoms with E-state index in [1.54, 1.807) is 7.11 Å². The molecule has 3 aromatic carbocycles. The van der Waals surface area contributed by atoms with Crippen molar-refractivity contribution in [3.05, 3.63) is 108 Å². The van der Waals surface area contributed by atoms with E-state index in [-0.39, 0.29) is 13.4 Å². The predicted octanol–water partition coefficient (Wildman–Crippen LogP) is 6.44. The third kappa shape index (κ3) is 10.7. The highest BCUT2D eigenvalue weighted by Gasteiger charge is 2.48. The molecule has 1 fully saturated rings. The molecule has 0 aromatic heterocycles. The number of hydrogen-bond acceptors (Lipinski definition) is 7. The van der Waals surface area contributed by atoms with Gasteiger partial charge in [0.2, 0.25) is 0 Å². The molecule has 0 amide bonds. The summed E-state index contributed by atoms with van der Waals surface area (Å²) in [6.45, 7) is 9.32. The Morgan fingerprint density at radius 1 is 0.619 bits per heavy atom. The van der Waals surface area contributed by atoms with Crippen LogP contribution in [0.2, 0.25) is 25.7 Å². The van der Waals surface area contributed by atoms with Crippen LogP contribution in [-0.4, -0.2) is 65.9 Å². The van der Waals surface area contributed by atoms with Crippen LogP contribution < -0.4 is 0 Å². The van der Waals surface area contributed by atoms with Gasteiger partial charge < -0.3 is 33.2 Å². The van der Waals surface area contributed by atoms with Gasteiger partial charge in [0.25, 0.3) is 0 Å². The highest BCUT2D eigenvalue weighted by molar-refractivity contribution is 6.76. The van der Waals surface area contributed by atoms with Gasteiger partial charge in [-0.1, -0.05) is 111 Å². The summed E-state index contributed by atoms with van der Waals surface area (Å²) in [6.07, 6.45) is -2.64. The van der Waals surface area contributed by atoms with Crippen LogP contribution in [0, 0.1) is 0 Å². The quantitative estimate of drug-likeness (QED) is 0.101. The van der Waals surface area contributed by atoms with Crippen molar-refractivity contribution in [2.45, 2.75) is 76.2 Å². The first-order valence-corrected chi connectivity index (χ1v) is 18.4. The first kappa shape index (κ1) is 32.5. The molecule has 1 aliphatic heterocycles. The van der Waals surface area contributed by atoms with E-state index >= 15 is 0 Å². The molecule has 0 saturated carbocycles. The Hall–Kier alpha value is -2.40. The summed E-state index contributed by atoms with van der Waals surface area (Å²) < 4.78 is 43.7. The normalized spacial score (nSPS) is 22.7. The monoisotopic (exact) mass is 594 g/mol. The zero-order valence-corrected chi connectivity index (χ0v) is 26.4. The number of hydrogen-bond donors (Lipinski definition) is 0. The molecular weight excluding hydrogens is 548 g/mol. The van der Waals surface area contributed by atoms with Crippen LogP contribution in [0.1, 0.15) is 16.7 Å². The molecule has 0 N–H and O–H groups in total. The van der Waals surface area contributed by atoms with E-state index in [0.717, 1.165) is 22.7 Å². The van der Waals surface area contributed by atoms with Crippen molar-refractivity contribution in [2.24, 2.45) is 0 Å². The first-order chi connectivity index (χ1) is 20.4. The van der Waals surface area contributed by atoms with Crippen molar-refractivity contribution >= 4 is 8.07 Å². The van der Waals surface area contributed by atoms with Gasteiger partial charge in [0.1, 0.15) is 31.2 Å². The van der Waals surface area contributed by atoms with Crippen LogP contribution in [0.25, 0.3) is 0 Å². The van der Waals surface area contributed by atoms with E-state index in [2.05, 4.69) is 19.6 Å². The Morgan fingerprint density at radius 2 is 1.10 bits per heavy atom. The second kappa shape index (κ2) is 17.0. The van der Waals surface area contributed by atoms with Gasteiger partial charge in [0, 0.05) is 21.8 Å². The van der Waals surface area contributed by atoms with Crippen LogP contribution in [0.15, 0.2) is 91.0 Å². The number of rotatable bonds is 17. The second-order valence-electron chi connectivity index (χ2n) is 11.8. The first-order valence-electron chi connectivity index (χ1n) is 14.7. The Bertz CT molecular complexity index is 1130. The summed E-state index contributed by atoms with van der Waals surface area (Å²) in [6, 6.07) is 31.3. The summed E-state index contributed by atoms with van der Waals surface area (Å²) in [5, 5.41) is 0. The zero-order chi connectivity index (χ0) is 29.6. The molecule has 0 unspecified atom stereocenters. The Labute approximate surface area is 252 Å². The molecule has 1 aliphatic rings. The van der Waals surface area contributed by atoms with Gasteiger partial charge in [-0.05, 0) is 22.7 Å². The smallest absolute Gasteiger partial charge is 0.186 e. The van der Waals surface area contributed by atoms with Crippen LogP contribution in [-0.2, 0) is 53.0 Å². The summed E-state index contributed by atoms with van der Waals surface area (Å²) in [5.74, 6) is 0. The minimum absolute atomic E-state index is 0.191. The van der Waals surface area contributed by atoms with E-state index in [4.69, 9.17) is 33.2 Å². The van der Waals surface area contributed by atoms with Gasteiger partial charge >= 0.3 is 0 Å². The number of ether oxygens (including phenoxy) is 7. The molecule has 4 rings (SSSR count). The summed E-state index contributed by atoms with van der Waals surface area (Å²) in [4.78, 5) is 0. The van der Waals surface area contributed by atoms with E-state index < -0.39 is 38.8 Å². The lowest BCUT2D eigenvalue weighted by molar-refractivity contribution is -0.324. The van der Waals surface area contributed by atoms with Gasteiger partial charge in [0.15, 0.2) is 6.29 Å². The molecule has 0 radical (unpaired) electrons. The molecule has 0 aliphatic carbocycles. The van der Waals surface area contributed by atoms with Crippen LogP contribution >= 0.6 is 0 Å². The molecule has 3 aromatic rings. The van der Waals surface area contributed by atoms with E-state index in [0.29, 0.717) is 26.4 Å². The van der Waals surface area contributed by atoms with Gasteiger partial charge in [0.05, 0.1) is 26.4 Å². The predicted molar refractivity (Wildman–Crippen MR) is 166 cm³/mol. The molecule has 5 atom stereocenters. The van der Waals surface area contributed by atoms with E-state index in [1.807, 2.05) is 91.0 Å². The molecule has 8 heteroatoms. The largest absolute Gasteiger partial charge is 0.368 e. The molecule has 228 valence electrons. The highest BCUT2D eigenvalue weighted by atomic mass is 28.3. The molecule has 42 heavy (non-hydrogen) atoms. The van der Waals surface area contributed by atoms with Crippen molar-refractivity contribution in [3.8, 4) is 0 Å². The average molecular weight is 595 g/mol. The van der Waals surface area contributed by atoms with E-state index in [9.17, 15) is 0 Å². The van der Waals surface area contributed by atoms with Crippen molar-refractivity contribution in [1.82, 2.24) is 0 Å². The topological polar surface area (TPSA) is 64.6 Å². The zero-order valence-electron chi connectivity index (χ0n) is 25.4. The Balaban J connectivity index is 1.52. The van der Waals surface area contributed by atoms with Gasteiger partial charge in [-0.25, -0.2) is 0 Å². The van der Waals surface area contributed by atoms with Crippen molar-refractivity contribution in [2.75, 3.05) is 27.1 Å². The van der Waals surface area contributed by atoms with E-state index in [1.165, 1.54) is 0 Å². The highest BCUT2D eigenvalue weighted by Crippen LogP contribution is 2.31. The number of methoxy groups -OCH3 is 1. The molecule has 1 saturated heterocycles. The van der Waals surface area contributed by atoms with Crippen molar-refractivity contribution < 1.29 is 33.2 Å². The standard InChI is InChI=1S/C34H46O7Si/c1-35-34-33(40-24-29-18-12-7-13-19-29)32(39-23-28-16-10-6-11-17-28)31(38-22-27-14-8-5-9-15-27)30(41-34)25-37-26-36-20-21-42(2,3)4/h5-19,30-34H,20-26H2,1-4H3/t30-,31-,32+,33-,34+/m1/s1. The van der Waals surface area contributed by atoms with Gasteiger partial charge in [-0.15, -0.1) is 0 Å². The Morgan fingerprint density at radius 3 is 1.57 bits per heavy atom. The fourth-order valence-electron chi connectivity index (χ4n) is 4.73. The molecular formula is C34H46O7Si. The van der Waals surface area contributed by atoms with Crippen LogP contribution in [0.3, 0.4) is 0 Å². The molecule has 1 heterocycles. The second-order valence-corrected chi connectivity index (χ2v) is 17.4. The van der Waals surface area contributed by atoms with Crippen molar-refractivity contribution in [3.63, 3.8) is 0 Å². The number of benzene rings is 3. The van der Waals surface area contributed by atoms with Crippen LogP contribution in [0.4, 0.5) is 0 Å². The fourth-order valence-corrected chi connectivity index (χ4v) is 5.49. The molecule has 0 bridgehead atoms.